The Hall–Kier alpha value is -6.14. The molecule has 6 aromatic rings. The standard InChI is InChI=1S/C42H30N6/c1-4-13-28(14-5-1)40-44-41(29-15-6-2-7-16-29)46-42(45-40)47-37-23-22-36-35(26-43-48(36)31-17-8-3-9-18-31)39(37)34-24-30-21-20-27-12-10-11-19-32(27)33(30)25-38(34)47/h1-23,25-27,32,34H,24H2. The summed E-state index contributed by atoms with van der Waals surface area (Å²) in [5.41, 5.74) is 10.4. The van der Waals surface area contributed by atoms with Gasteiger partial charge in [-0.05, 0) is 53.5 Å². The highest BCUT2D eigenvalue weighted by atomic mass is 15.3. The van der Waals surface area contributed by atoms with Crippen molar-refractivity contribution in [2.45, 2.75) is 12.3 Å². The Morgan fingerprint density at radius 2 is 1.35 bits per heavy atom. The molecule has 3 atom stereocenters. The van der Waals surface area contributed by atoms with E-state index in [4.69, 9.17) is 20.1 Å². The molecule has 0 spiro atoms. The van der Waals surface area contributed by atoms with Crippen LogP contribution in [0.25, 0.3) is 39.4 Å². The topological polar surface area (TPSA) is 59.7 Å². The van der Waals surface area contributed by atoms with E-state index in [9.17, 15) is 0 Å². The van der Waals surface area contributed by atoms with Crippen LogP contribution in [-0.4, -0.2) is 24.7 Å². The van der Waals surface area contributed by atoms with Gasteiger partial charge in [0.1, 0.15) is 0 Å². The number of nitrogens with zero attached hydrogens (tertiary/aromatic N) is 6. The van der Waals surface area contributed by atoms with Gasteiger partial charge in [0.15, 0.2) is 11.6 Å². The minimum absolute atomic E-state index is 0.123. The van der Waals surface area contributed by atoms with E-state index in [2.05, 4.69) is 108 Å². The second-order valence-corrected chi connectivity index (χ2v) is 12.7. The first-order valence-corrected chi connectivity index (χ1v) is 16.5. The number of anilines is 2. The summed E-state index contributed by atoms with van der Waals surface area (Å²) in [5, 5.41) is 6.07. The van der Waals surface area contributed by atoms with E-state index < -0.39 is 0 Å². The average Bonchev–Trinajstić information content (AvgIpc) is 3.74. The quantitative estimate of drug-likeness (QED) is 0.197. The van der Waals surface area contributed by atoms with Gasteiger partial charge in [0.05, 0.1) is 23.1 Å². The molecule has 0 N–H and O–H groups in total. The number of benzene rings is 4. The fourth-order valence-electron chi connectivity index (χ4n) is 7.79. The lowest BCUT2D eigenvalue weighted by molar-refractivity contribution is 0.609. The summed E-state index contributed by atoms with van der Waals surface area (Å²) in [6.07, 6.45) is 19.1. The van der Waals surface area contributed by atoms with Crippen LogP contribution in [0.5, 0.6) is 0 Å². The predicted molar refractivity (Wildman–Crippen MR) is 191 cm³/mol. The summed E-state index contributed by atoms with van der Waals surface area (Å²) in [6, 6.07) is 35.2. The van der Waals surface area contributed by atoms with Crippen molar-refractivity contribution in [3.8, 4) is 28.5 Å². The fourth-order valence-corrected chi connectivity index (χ4v) is 7.79. The van der Waals surface area contributed by atoms with E-state index in [1.54, 1.807) is 0 Å². The van der Waals surface area contributed by atoms with Gasteiger partial charge in [-0.1, -0.05) is 115 Å². The van der Waals surface area contributed by atoms with Crippen molar-refractivity contribution < 1.29 is 0 Å². The van der Waals surface area contributed by atoms with Crippen LogP contribution in [-0.2, 0) is 0 Å². The summed E-state index contributed by atoms with van der Waals surface area (Å²) in [5.74, 6) is 2.73. The first-order valence-electron chi connectivity index (χ1n) is 16.5. The molecular formula is C42H30N6. The number of hydrogen-bond acceptors (Lipinski definition) is 5. The van der Waals surface area contributed by atoms with Crippen LogP contribution in [0.15, 0.2) is 169 Å². The van der Waals surface area contributed by atoms with Gasteiger partial charge >= 0.3 is 0 Å². The van der Waals surface area contributed by atoms with E-state index in [1.807, 2.05) is 53.3 Å². The zero-order valence-corrected chi connectivity index (χ0v) is 26.1. The summed E-state index contributed by atoms with van der Waals surface area (Å²) in [6.45, 7) is 0. The van der Waals surface area contributed by atoms with Crippen molar-refractivity contribution in [3.05, 3.63) is 174 Å². The van der Waals surface area contributed by atoms with Crippen molar-refractivity contribution in [2.75, 3.05) is 4.90 Å². The second kappa shape index (κ2) is 10.7. The normalized spacial score (nSPS) is 20.4. The van der Waals surface area contributed by atoms with Crippen molar-refractivity contribution in [3.63, 3.8) is 0 Å². The molecule has 4 aliphatic rings. The van der Waals surface area contributed by atoms with Crippen LogP contribution in [0.2, 0.25) is 0 Å². The lowest BCUT2D eigenvalue weighted by Crippen LogP contribution is -2.24. The second-order valence-electron chi connectivity index (χ2n) is 12.7. The number of hydrogen-bond donors (Lipinski definition) is 0. The highest BCUT2D eigenvalue weighted by Gasteiger charge is 2.42. The smallest absolute Gasteiger partial charge is 0.238 e. The molecule has 1 aliphatic heterocycles. The Morgan fingerprint density at radius 1 is 0.667 bits per heavy atom. The highest BCUT2D eigenvalue weighted by Crippen LogP contribution is 2.56. The molecule has 48 heavy (non-hydrogen) atoms. The van der Waals surface area contributed by atoms with Gasteiger partial charge in [-0.2, -0.15) is 15.1 Å². The monoisotopic (exact) mass is 618 g/mol. The molecule has 0 amide bonds. The van der Waals surface area contributed by atoms with Gasteiger partial charge in [0.25, 0.3) is 0 Å². The van der Waals surface area contributed by atoms with Crippen molar-refractivity contribution in [1.29, 1.82) is 0 Å². The zero-order valence-electron chi connectivity index (χ0n) is 26.1. The van der Waals surface area contributed by atoms with Crippen LogP contribution < -0.4 is 4.90 Å². The lowest BCUT2D eigenvalue weighted by atomic mass is 9.71. The Kier molecular flexibility index (Phi) is 6.03. The third-order valence-corrected chi connectivity index (χ3v) is 10.0. The first kappa shape index (κ1) is 27.0. The Balaban J connectivity index is 1.21. The number of fused-ring (bicyclic) bond motifs is 7. The zero-order chi connectivity index (χ0) is 31.6. The molecule has 3 aliphatic carbocycles. The minimum Gasteiger partial charge on any atom is -0.282 e. The Bertz CT molecular complexity index is 2320. The number of aromatic nitrogens is 5. The molecule has 6 heteroatoms. The van der Waals surface area contributed by atoms with Crippen molar-refractivity contribution >= 4 is 22.5 Å². The van der Waals surface area contributed by atoms with Gasteiger partial charge < -0.3 is 0 Å². The predicted octanol–water partition coefficient (Wildman–Crippen LogP) is 9.29. The molecular weight excluding hydrogens is 589 g/mol. The van der Waals surface area contributed by atoms with Gasteiger partial charge in [-0.25, -0.2) is 9.67 Å². The maximum atomic E-state index is 5.21. The van der Waals surface area contributed by atoms with Crippen LogP contribution in [0.3, 0.4) is 0 Å². The number of rotatable bonds is 4. The molecule has 0 fully saturated rings. The van der Waals surface area contributed by atoms with Crippen molar-refractivity contribution in [2.24, 2.45) is 11.8 Å². The molecule has 2 aromatic heterocycles. The van der Waals surface area contributed by atoms with E-state index >= 15 is 0 Å². The molecule has 0 saturated carbocycles. The van der Waals surface area contributed by atoms with Crippen molar-refractivity contribution in [1.82, 2.24) is 24.7 Å². The van der Waals surface area contributed by atoms with Gasteiger partial charge in [0.2, 0.25) is 5.95 Å². The number of para-hydroxylation sites is 1. The van der Waals surface area contributed by atoms with E-state index in [1.165, 1.54) is 22.4 Å². The molecule has 4 aromatic carbocycles. The first-order chi connectivity index (χ1) is 23.8. The molecule has 6 nitrogen and oxygen atoms in total. The number of allylic oxidation sites excluding steroid dienone is 10. The van der Waals surface area contributed by atoms with E-state index in [-0.39, 0.29) is 5.92 Å². The molecule has 0 radical (unpaired) electrons. The lowest BCUT2D eigenvalue weighted by Gasteiger charge is -2.34. The largest absolute Gasteiger partial charge is 0.282 e. The van der Waals surface area contributed by atoms with Crippen LogP contribution in [0.1, 0.15) is 17.9 Å². The van der Waals surface area contributed by atoms with E-state index in [0.29, 0.717) is 29.4 Å². The molecule has 3 unspecified atom stereocenters. The van der Waals surface area contributed by atoms with Crippen LogP contribution >= 0.6 is 0 Å². The molecule has 3 heterocycles. The van der Waals surface area contributed by atoms with Gasteiger partial charge in [0, 0.05) is 40.0 Å². The van der Waals surface area contributed by atoms with Gasteiger partial charge in [-0.15, -0.1) is 0 Å². The summed E-state index contributed by atoms with van der Waals surface area (Å²) in [7, 11) is 0. The van der Waals surface area contributed by atoms with Gasteiger partial charge in [-0.3, -0.25) is 4.90 Å². The molecule has 10 rings (SSSR count). The fraction of sp³-hybridized carbons (Fsp3) is 0.0952. The van der Waals surface area contributed by atoms with Crippen LogP contribution in [0, 0.1) is 11.8 Å². The minimum atomic E-state index is 0.123. The van der Waals surface area contributed by atoms with E-state index in [0.717, 1.165) is 39.8 Å². The maximum absolute atomic E-state index is 5.21. The summed E-state index contributed by atoms with van der Waals surface area (Å²) in [4.78, 5) is 17.7. The highest BCUT2D eigenvalue weighted by molar-refractivity contribution is 5.95. The average molecular weight is 619 g/mol. The third-order valence-electron chi connectivity index (χ3n) is 10.0. The summed E-state index contributed by atoms with van der Waals surface area (Å²) < 4.78 is 2.05. The summed E-state index contributed by atoms with van der Waals surface area (Å²) >= 11 is 0. The Labute approximate surface area is 278 Å². The molecule has 0 saturated heterocycles. The SMILES string of the molecule is C1=CC2C=CC3=C(C=C4C(C3)c3c(ccc5c3cnn5-c3ccccc3)N4c3nc(-c4ccccc4)nc(-c4ccccc4)n3)C2C=C1. The Morgan fingerprint density at radius 3 is 2.08 bits per heavy atom. The van der Waals surface area contributed by atoms with Crippen LogP contribution in [0.4, 0.5) is 11.6 Å². The molecule has 0 bridgehead atoms. The third kappa shape index (κ3) is 4.19. The maximum Gasteiger partial charge on any atom is 0.238 e. The molecule has 228 valence electrons.